The van der Waals surface area contributed by atoms with Gasteiger partial charge in [-0.1, -0.05) is 182 Å². The number of aromatic nitrogens is 1. The second-order valence-electron chi connectivity index (χ2n) is 16.1. The molecule has 0 atom stereocenters. The molecule has 0 bridgehead atoms. The molecule has 0 saturated carbocycles. The Morgan fingerprint density at radius 2 is 0.823 bits per heavy atom. The fourth-order valence-corrected chi connectivity index (χ4v) is 9.65. The minimum Gasteiger partial charge on any atom is -0.310 e. The number of fused-ring (bicyclic) bond motifs is 8. The molecule has 0 spiro atoms. The number of anilines is 3. The number of hydrogen-bond acceptors (Lipinski definition) is 1. The number of rotatable bonds is 7. The van der Waals surface area contributed by atoms with E-state index in [9.17, 15) is 0 Å². The van der Waals surface area contributed by atoms with Gasteiger partial charge in [0.1, 0.15) is 0 Å². The highest BCUT2D eigenvalue weighted by Crippen LogP contribution is 2.45. The fraction of sp³-hybridized carbons (Fsp3) is 0. The van der Waals surface area contributed by atoms with Crippen LogP contribution in [0.4, 0.5) is 17.1 Å². The Morgan fingerprint density at radius 3 is 1.56 bits per heavy atom. The van der Waals surface area contributed by atoms with Crippen molar-refractivity contribution in [3.8, 4) is 39.1 Å². The Labute approximate surface area is 360 Å². The zero-order chi connectivity index (χ0) is 41.0. The van der Waals surface area contributed by atoms with Crippen LogP contribution in [-0.2, 0) is 0 Å². The number of benzene rings is 11. The topological polar surface area (TPSA) is 8.17 Å². The summed E-state index contributed by atoms with van der Waals surface area (Å²) in [5, 5.41) is 9.92. The molecule has 62 heavy (non-hydrogen) atoms. The number of hydrogen-bond donors (Lipinski definition) is 0. The third-order valence-corrected chi connectivity index (χ3v) is 12.5. The smallest absolute Gasteiger partial charge is 0.0619 e. The first-order valence-electron chi connectivity index (χ1n) is 21.3. The molecule has 0 aliphatic heterocycles. The molecule has 290 valence electrons. The molecule has 11 aromatic carbocycles. The predicted octanol–water partition coefficient (Wildman–Crippen LogP) is 16.7. The third kappa shape index (κ3) is 6.04. The van der Waals surface area contributed by atoms with Gasteiger partial charge in [0, 0.05) is 38.9 Å². The molecular weight excluding hydrogens is 749 g/mol. The van der Waals surface area contributed by atoms with Crippen LogP contribution >= 0.6 is 0 Å². The molecule has 0 radical (unpaired) electrons. The van der Waals surface area contributed by atoms with Crippen LogP contribution in [0.25, 0.3) is 93.2 Å². The molecule has 2 heteroatoms. The molecule has 12 aromatic rings. The van der Waals surface area contributed by atoms with E-state index in [4.69, 9.17) is 0 Å². The zero-order valence-electron chi connectivity index (χ0n) is 34.0. The van der Waals surface area contributed by atoms with Gasteiger partial charge in [-0.15, -0.1) is 0 Å². The monoisotopic (exact) mass is 788 g/mol. The van der Waals surface area contributed by atoms with E-state index in [0.29, 0.717) is 0 Å². The van der Waals surface area contributed by atoms with Crippen molar-refractivity contribution in [2.24, 2.45) is 0 Å². The molecule has 0 amide bonds. The van der Waals surface area contributed by atoms with Crippen molar-refractivity contribution in [3.63, 3.8) is 0 Å². The lowest BCUT2D eigenvalue weighted by molar-refractivity contribution is 1.19. The summed E-state index contributed by atoms with van der Waals surface area (Å²) in [6.45, 7) is 0. The van der Waals surface area contributed by atoms with E-state index < -0.39 is 0 Å². The highest BCUT2D eigenvalue weighted by atomic mass is 15.1. The lowest BCUT2D eigenvalue weighted by Gasteiger charge is -2.28. The highest BCUT2D eigenvalue weighted by molar-refractivity contribution is 6.22. The summed E-state index contributed by atoms with van der Waals surface area (Å²) in [5.41, 5.74) is 13.9. The summed E-state index contributed by atoms with van der Waals surface area (Å²) < 4.78 is 2.45. The van der Waals surface area contributed by atoms with E-state index in [1.807, 2.05) is 0 Å². The van der Waals surface area contributed by atoms with Crippen molar-refractivity contribution in [1.29, 1.82) is 0 Å². The van der Waals surface area contributed by atoms with E-state index in [1.165, 1.54) is 81.9 Å². The van der Waals surface area contributed by atoms with Crippen LogP contribution < -0.4 is 4.90 Å². The molecule has 0 aliphatic rings. The van der Waals surface area contributed by atoms with Crippen LogP contribution in [0, 0.1) is 0 Å². The van der Waals surface area contributed by atoms with Gasteiger partial charge in [0.2, 0.25) is 0 Å². The van der Waals surface area contributed by atoms with Crippen LogP contribution in [0.5, 0.6) is 0 Å². The van der Waals surface area contributed by atoms with Gasteiger partial charge in [-0.2, -0.15) is 0 Å². The van der Waals surface area contributed by atoms with Crippen molar-refractivity contribution < 1.29 is 0 Å². The maximum Gasteiger partial charge on any atom is 0.0619 e. The maximum atomic E-state index is 2.45. The normalized spacial score (nSPS) is 11.5. The molecule has 12 rings (SSSR count). The van der Waals surface area contributed by atoms with Crippen molar-refractivity contribution in [3.05, 3.63) is 243 Å². The first-order chi connectivity index (χ1) is 30.7. The average molecular weight is 789 g/mol. The Morgan fingerprint density at radius 1 is 0.290 bits per heavy atom. The highest BCUT2D eigenvalue weighted by Gasteiger charge is 2.21. The van der Waals surface area contributed by atoms with Crippen LogP contribution in [0.2, 0.25) is 0 Å². The largest absolute Gasteiger partial charge is 0.310 e. The van der Waals surface area contributed by atoms with Crippen molar-refractivity contribution in [1.82, 2.24) is 4.57 Å². The minimum atomic E-state index is 1.08. The first kappa shape index (κ1) is 35.7. The predicted molar refractivity (Wildman–Crippen MR) is 264 cm³/mol. The molecule has 0 saturated heterocycles. The Bertz CT molecular complexity index is 3570. The van der Waals surface area contributed by atoms with Gasteiger partial charge >= 0.3 is 0 Å². The van der Waals surface area contributed by atoms with Crippen molar-refractivity contribution >= 4 is 71.2 Å². The summed E-state index contributed by atoms with van der Waals surface area (Å²) in [6, 6.07) is 88.6. The van der Waals surface area contributed by atoms with Crippen LogP contribution in [-0.4, -0.2) is 4.57 Å². The fourth-order valence-electron chi connectivity index (χ4n) is 9.65. The Hall–Kier alpha value is -8.20. The van der Waals surface area contributed by atoms with Crippen molar-refractivity contribution in [2.45, 2.75) is 0 Å². The van der Waals surface area contributed by atoms with Gasteiger partial charge in [-0.05, 0) is 121 Å². The van der Waals surface area contributed by atoms with E-state index in [-0.39, 0.29) is 0 Å². The van der Waals surface area contributed by atoms with E-state index in [0.717, 1.165) is 28.3 Å². The molecule has 2 nitrogen and oxygen atoms in total. The molecular formula is C60H40N2. The Balaban J connectivity index is 1.11. The third-order valence-electron chi connectivity index (χ3n) is 12.5. The first-order valence-corrected chi connectivity index (χ1v) is 21.3. The van der Waals surface area contributed by atoms with E-state index in [2.05, 4.69) is 252 Å². The van der Waals surface area contributed by atoms with Crippen LogP contribution in [0.3, 0.4) is 0 Å². The van der Waals surface area contributed by atoms with Crippen molar-refractivity contribution in [2.75, 3.05) is 4.90 Å². The van der Waals surface area contributed by atoms with Gasteiger partial charge in [-0.3, -0.25) is 0 Å². The van der Waals surface area contributed by atoms with Crippen LogP contribution in [0.15, 0.2) is 243 Å². The minimum absolute atomic E-state index is 1.08. The van der Waals surface area contributed by atoms with Gasteiger partial charge in [0.15, 0.2) is 0 Å². The number of para-hydroxylation sites is 1. The molecule has 0 unspecified atom stereocenters. The SMILES string of the molecule is c1ccc(-c2cc(-c3ccccc3)cc(N(c3cccc(-c4cccc5c4c4ccc6ccccc6c4n5-c4ccccc4)c3)c3ccc4c(ccc5ccccc54)c3)c2)cc1. The summed E-state index contributed by atoms with van der Waals surface area (Å²) in [4.78, 5) is 2.44. The number of nitrogens with zero attached hydrogens (tertiary/aromatic N) is 2. The molecule has 1 heterocycles. The molecule has 0 fully saturated rings. The van der Waals surface area contributed by atoms with Gasteiger partial charge < -0.3 is 9.47 Å². The zero-order valence-corrected chi connectivity index (χ0v) is 34.0. The summed E-state index contributed by atoms with van der Waals surface area (Å²) in [7, 11) is 0. The lowest BCUT2D eigenvalue weighted by Crippen LogP contribution is -2.10. The van der Waals surface area contributed by atoms with Crippen LogP contribution in [0.1, 0.15) is 0 Å². The van der Waals surface area contributed by atoms with Gasteiger partial charge in [0.25, 0.3) is 0 Å². The second-order valence-corrected chi connectivity index (χ2v) is 16.1. The Kier molecular flexibility index (Phi) is 8.53. The van der Waals surface area contributed by atoms with E-state index in [1.54, 1.807) is 0 Å². The standard InChI is InChI=1S/C60H40N2/c1-4-16-41(17-5-1)47-36-48(42-18-6-2-7-19-42)40-52(39-47)61(51-33-35-54-46(38-51)31-30-43-20-10-12-26-53(43)54)50-25-14-22-45(37-50)55-28-15-29-58-59(55)57-34-32-44-21-11-13-27-56(44)60(57)62(58)49-23-8-3-9-24-49/h1-40H. The summed E-state index contributed by atoms with van der Waals surface area (Å²) in [6.07, 6.45) is 0. The lowest BCUT2D eigenvalue weighted by atomic mass is 9.96. The van der Waals surface area contributed by atoms with Gasteiger partial charge in [-0.25, -0.2) is 0 Å². The van der Waals surface area contributed by atoms with E-state index >= 15 is 0 Å². The molecule has 0 aliphatic carbocycles. The average Bonchev–Trinajstić information content (AvgIpc) is 3.70. The maximum absolute atomic E-state index is 2.45. The van der Waals surface area contributed by atoms with Gasteiger partial charge in [0.05, 0.1) is 11.0 Å². The quantitative estimate of drug-likeness (QED) is 0.146. The second kappa shape index (κ2) is 14.8. The molecule has 1 aromatic heterocycles. The summed E-state index contributed by atoms with van der Waals surface area (Å²) in [5.74, 6) is 0. The summed E-state index contributed by atoms with van der Waals surface area (Å²) >= 11 is 0. The molecule has 0 N–H and O–H groups in total.